The number of pyridine rings is 1. The van der Waals surface area contributed by atoms with E-state index in [-0.39, 0.29) is 11.7 Å². The van der Waals surface area contributed by atoms with Gasteiger partial charge in [0.25, 0.3) is 5.91 Å². The predicted octanol–water partition coefficient (Wildman–Crippen LogP) is 3.91. The summed E-state index contributed by atoms with van der Waals surface area (Å²) in [6.07, 6.45) is -0.588. The molecule has 0 saturated heterocycles. The first kappa shape index (κ1) is 14.1. The van der Waals surface area contributed by atoms with Crippen LogP contribution in [0.1, 0.15) is 32.7 Å². The Hall–Kier alpha value is -2.47. The van der Waals surface area contributed by atoms with Gasteiger partial charge in [-0.25, -0.2) is 9.37 Å². The Labute approximate surface area is 136 Å². The SMILES string of the molecule is Cc1cc(C)c2c3c(sc2n1)C(=O)N[C@@H](c1ccccc1F)N3. The van der Waals surface area contributed by atoms with Crippen molar-refractivity contribution in [3.63, 3.8) is 0 Å². The summed E-state index contributed by atoms with van der Waals surface area (Å²) in [7, 11) is 0. The third-order valence-corrected chi connectivity index (χ3v) is 5.06. The second kappa shape index (κ2) is 5.03. The van der Waals surface area contributed by atoms with Crippen LogP contribution in [0.15, 0.2) is 30.3 Å². The van der Waals surface area contributed by atoms with E-state index >= 15 is 0 Å². The number of rotatable bonds is 1. The largest absolute Gasteiger partial charge is 0.360 e. The lowest BCUT2D eigenvalue weighted by molar-refractivity contribution is 0.0939. The number of aryl methyl sites for hydroxylation is 2. The van der Waals surface area contributed by atoms with Crippen molar-refractivity contribution in [2.24, 2.45) is 0 Å². The summed E-state index contributed by atoms with van der Waals surface area (Å²) in [6.45, 7) is 3.93. The molecule has 0 radical (unpaired) electrons. The lowest BCUT2D eigenvalue weighted by atomic mass is 10.1. The van der Waals surface area contributed by atoms with Crippen LogP contribution in [0.25, 0.3) is 10.2 Å². The number of thiophene rings is 1. The Kier molecular flexibility index (Phi) is 3.09. The van der Waals surface area contributed by atoms with Crippen LogP contribution in [-0.2, 0) is 0 Å². The van der Waals surface area contributed by atoms with Crippen LogP contribution in [0.4, 0.5) is 10.1 Å². The van der Waals surface area contributed by atoms with Crippen LogP contribution < -0.4 is 10.6 Å². The number of benzene rings is 1. The van der Waals surface area contributed by atoms with Gasteiger partial charge in [0, 0.05) is 16.6 Å². The first-order valence-electron chi connectivity index (χ1n) is 7.27. The molecule has 116 valence electrons. The summed E-state index contributed by atoms with van der Waals surface area (Å²) in [5.41, 5.74) is 3.13. The molecule has 4 nitrogen and oxygen atoms in total. The van der Waals surface area contributed by atoms with Crippen molar-refractivity contribution >= 4 is 33.1 Å². The quantitative estimate of drug-likeness (QED) is 0.712. The normalized spacial score (nSPS) is 16.8. The minimum absolute atomic E-state index is 0.202. The summed E-state index contributed by atoms with van der Waals surface area (Å²) in [5.74, 6) is -0.550. The van der Waals surface area contributed by atoms with E-state index in [4.69, 9.17) is 0 Å². The van der Waals surface area contributed by atoms with E-state index < -0.39 is 6.17 Å². The van der Waals surface area contributed by atoms with Crippen molar-refractivity contribution in [2.75, 3.05) is 5.32 Å². The second-order valence-electron chi connectivity index (χ2n) is 5.64. The number of nitrogens with zero attached hydrogens (tertiary/aromatic N) is 1. The molecule has 1 aliphatic heterocycles. The van der Waals surface area contributed by atoms with Crippen LogP contribution in [0.3, 0.4) is 0 Å². The van der Waals surface area contributed by atoms with Crippen molar-refractivity contribution < 1.29 is 9.18 Å². The van der Waals surface area contributed by atoms with Crippen LogP contribution in [0, 0.1) is 19.7 Å². The number of aromatic nitrogens is 1. The average molecular weight is 327 g/mol. The molecule has 1 aromatic carbocycles. The van der Waals surface area contributed by atoms with Crippen LogP contribution in [0.2, 0.25) is 0 Å². The Morgan fingerprint density at radius 1 is 1.22 bits per heavy atom. The van der Waals surface area contributed by atoms with Gasteiger partial charge in [-0.2, -0.15) is 0 Å². The maximum absolute atomic E-state index is 14.0. The Balaban J connectivity index is 1.88. The topological polar surface area (TPSA) is 54.0 Å². The minimum Gasteiger partial charge on any atom is -0.360 e. The fourth-order valence-electron chi connectivity index (χ4n) is 2.98. The number of amides is 1. The van der Waals surface area contributed by atoms with Crippen LogP contribution >= 0.6 is 11.3 Å². The maximum Gasteiger partial charge on any atom is 0.265 e. The monoisotopic (exact) mass is 327 g/mol. The molecular formula is C17H14FN3OS. The lowest BCUT2D eigenvalue weighted by Gasteiger charge is -2.26. The molecule has 4 rings (SSSR count). The van der Waals surface area contributed by atoms with Gasteiger partial charge >= 0.3 is 0 Å². The minimum atomic E-state index is -0.588. The lowest BCUT2D eigenvalue weighted by Crippen LogP contribution is -2.38. The van der Waals surface area contributed by atoms with E-state index in [2.05, 4.69) is 15.6 Å². The molecular weight excluding hydrogens is 313 g/mol. The molecule has 0 fully saturated rings. The fourth-order valence-corrected chi connectivity index (χ4v) is 4.14. The van der Waals surface area contributed by atoms with Gasteiger partial charge in [-0.3, -0.25) is 4.79 Å². The summed E-state index contributed by atoms with van der Waals surface area (Å²) in [5, 5.41) is 7.02. The molecule has 0 unspecified atom stereocenters. The van der Waals surface area contributed by atoms with Crippen LogP contribution in [0.5, 0.6) is 0 Å². The highest BCUT2D eigenvalue weighted by molar-refractivity contribution is 7.21. The summed E-state index contributed by atoms with van der Waals surface area (Å²) in [4.78, 5) is 18.4. The van der Waals surface area contributed by atoms with Gasteiger partial charge in [-0.15, -0.1) is 11.3 Å². The number of anilines is 1. The highest BCUT2D eigenvalue weighted by Crippen LogP contribution is 2.41. The van der Waals surface area contributed by atoms with E-state index in [9.17, 15) is 9.18 Å². The Morgan fingerprint density at radius 2 is 2.00 bits per heavy atom. The van der Waals surface area contributed by atoms with Crippen molar-refractivity contribution in [3.8, 4) is 0 Å². The summed E-state index contributed by atoms with van der Waals surface area (Å²) < 4.78 is 14.0. The van der Waals surface area contributed by atoms with Gasteiger partial charge < -0.3 is 10.6 Å². The van der Waals surface area contributed by atoms with E-state index in [1.165, 1.54) is 17.4 Å². The molecule has 0 aliphatic carbocycles. The molecule has 2 N–H and O–H groups in total. The molecule has 1 atom stereocenters. The number of nitrogens with one attached hydrogen (secondary N) is 2. The fraction of sp³-hybridized carbons (Fsp3) is 0.176. The Bertz CT molecular complexity index is 950. The number of hydrogen-bond acceptors (Lipinski definition) is 4. The third kappa shape index (κ3) is 2.17. The van der Waals surface area contributed by atoms with Gasteiger partial charge in [-0.1, -0.05) is 18.2 Å². The predicted molar refractivity (Wildman–Crippen MR) is 89.3 cm³/mol. The van der Waals surface area contributed by atoms with Crippen molar-refractivity contribution in [3.05, 3.63) is 57.8 Å². The summed E-state index contributed by atoms with van der Waals surface area (Å²) in [6, 6.07) is 8.43. The molecule has 3 aromatic rings. The van der Waals surface area contributed by atoms with Gasteiger partial charge in [0.15, 0.2) is 0 Å². The van der Waals surface area contributed by atoms with Crippen molar-refractivity contribution in [2.45, 2.75) is 20.0 Å². The molecule has 6 heteroatoms. The van der Waals surface area contributed by atoms with E-state index in [0.29, 0.717) is 10.4 Å². The zero-order valence-electron chi connectivity index (χ0n) is 12.6. The number of fused-ring (bicyclic) bond motifs is 3. The molecule has 23 heavy (non-hydrogen) atoms. The molecule has 0 bridgehead atoms. The van der Waals surface area contributed by atoms with E-state index in [1.807, 2.05) is 19.9 Å². The highest BCUT2D eigenvalue weighted by atomic mass is 32.1. The molecule has 3 heterocycles. The molecule has 0 saturated carbocycles. The summed E-state index contributed by atoms with van der Waals surface area (Å²) >= 11 is 1.36. The molecule has 2 aromatic heterocycles. The molecule has 1 aliphatic rings. The van der Waals surface area contributed by atoms with Crippen molar-refractivity contribution in [1.29, 1.82) is 0 Å². The van der Waals surface area contributed by atoms with Crippen molar-refractivity contribution in [1.82, 2.24) is 10.3 Å². The number of carbonyl (C=O) groups excluding carboxylic acids is 1. The Morgan fingerprint density at radius 3 is 2.78 bits per heavy atom. The van der Waals surface area contributed by atoms with E-state index in [0.717, 1.165) is 27.2 Å². The molecule has 0 spiro atoms. The van der Waals surface area contributed by atoms with Gasteiger partial charge in [-0.05, 0) is 31.5 Å². The van der Waals surface area contributed by atoms with E-state index in [1.54, 1.807) is 18.2 Å². The van der Waals surface area contributed by atoms with Gasteiger partial charge in [0.1, 0.15) is 21.7 Å². The molecule has 1 amide bonds. The second-order valence-corrected chi connectivity index (χ2v) is 6.64. The van der Waals surface area contributed by atoms with Gasteiger partial charge in [0.05, 0.1) is 5.69 Å². The highest BCUT2D eigenvalue weighted by Gasteiger charge is 2.30. The van der Waals surface area contributed by atoms with Gasteiger partial charge in [0.2, 0.25) is 0 Å². The zero-order chi connectivity index (χ0) is 16.1. The number of carbonyl (C=O) groups is 1. The number of halogens is 1. The maximum atomic E-state index is 14.0. The first-order valence-corrected chi connectivity index (χ1v) is 8.09. The standard InChI is InChI=1S/C17H14FN3OS/c1-8-7-9(2)19-17-12(8)13-14(23-17)16(22)21-15(20-13)10-5-3-4-6-11(10)18/h3-7,15,20H,1-2H3,(H,21,22)/t15-/m0/s1. The average Bonchev–Trinajstić information content (AvgIpc) is 2.86. The number of hydrogen-bond donors (Lipinski definition) is 2. The smallest absolute Gasteiger partial charge is 0.265 e. The third-order valence-electron chi connectivity index (χ3n) is 3.97. The zero-order valence-corrected chi connectivity index (χ0v) is 13.4. The van der Waals surface area contributed by atoms with Crippen LogP contribution in [-0.4, -0.2) is 10.9 Å². The first-order chi connectivity index (χ1) is 11.0.